The zero-order valence-corrected chi connectivity index (χ0v) is 11.9. The average molecular weight is 288 g/mol. The minimum atomic E-state index is 0. The highest BCUT2D eigenvalue weighted by Gasteiger charge is 2.14. The number of hydrogen-bond acceptors (Lipinski definition) is 2. The summed E-state index contributed by atoms with van der Waals surface area (Å²) in [4.78, 5) is 8.04. The summed E-state index contributed by atoms with van der Waals surface area (Å²) in [7, 11) is 0. The smallest absolute Gasteiger partial charge is 0.108 e. The van der Waals surface area contributed by atoms with E-state index in [1.807, 2.05) is 0 Å². The summed E-state index contributed by atoms with van der Waals surface area (Å²) in [6.07, 6.45) is 5.84. The van der Waals surface area contributed by atoms with Gasteiger partial charge in [-0.25, -0.2) is 4.98 Å². The van der Waals surface area contributed by atoms with Crippen molar-refractivity contribution in [1.82, 2.24) is 9.97 Å². The molecule has 0 saturated carbocycles. The minimum Gasteiger partial charge on any atom is -0.342 e. The highest BCUT2D eigenvalue weighted by Crippen LogP contribution is 2.27. The summed E-state index contributed by atoms with van der Waals surface area (Å²) in [5.74, 6) is 1.02. The number of rotatable bonds is 2. The molecule has 3 N–H and O–H groups in total. The van der Waals surface area contributed by atoms with E-state index < -0.39 is 0 Å². The predicted octanol–water partition coefficient (Wildman–Crippen LogP) is 2.79. The molecule has 0 bridgehead atoms. The van der Waals surface area contributed by atoms with Crippen molar-refractivity contribution in [3.8, 4) is 0 Å². The maximum Gasteiger partial charge on any atom is 0.108 e. The van der Waals surface area contributed by atoms with Crippen molar-refractivity contribution in [2.75, 3.05) is 6.54 Å². The van der Waals surface area contributed by atoms with Gasteiger partial charge in [0.05, 0.1) is 11.0 Å². The van der Waals surface area contributed by atoms with Gasteiger partial charge in [-0.05, 0) is 49.4 Å². The second-order valence-corrected chi connectivity index (χ2v) is 4.53. The molecule has 1 aliphatic carbocycles. The average Bonchev–Trinajstić information content (AvgIpc) is 2.72. The number of aromatic nitrogens is 2. The van der Waals surface area contributed by atoms with Gasteiger partial charge in [0.1, 0.15) is 5.82 Å². The molecule has 5 heteroatoms. The van der Waals surface area contributed by atoms with Gasteiger partial charge in [0.2, 0.25) is 0 Å². The number of halogens is 2. The lowest BCUT2D eigenvalue weighted by atomic mass is 9.91. The van der Waals surface area contributed by atoms with Crippen molar-refractivity contribution in [2.24, 2.45) is 5.73 Å². The topological polar surface area (TPSA) is 54.7 Å². The molecule has 1 aromatic heterocycles. The maximum atomic E-state index is 5.56. The van der Waals surface area contributed by atoms with E-state index >= 15 is 0 Å². The van der Waals surface area contributed by atoms with E-state index in [4.69, 9.17) is 5.73 Å². The molecule has 18 heavy (non-hydrogen) atoms. The second kappa shape index (κ2) is 6.41. The molecule has 0 fully saturated rings. The van der Waals surface area contributed by atoms with Crippen LogP contribution in [0.3, 0.4) is 0 Å². The molecule has 0 radical (unpaired) electrons. The van der Waals surface area contributed by atoms with Gasteiger partial charge < -0.3 is 10.7 Å². The number of nitrogens with zero attached hydrogens (tertiary/aromatic N) is 1. The van der Waals surface area contributed by atoms with Gasteiger partial charge in [-0.2, -0.15) is 0 Å². The van der Waals surface area contributed by atoms with Gasteiger partial charge in [0, 0.05) is 6.42 Å². The Labute approximate surface area is 119 Å². The van der Waals surface area contributed by atoms with Crippen molar-refractivity contribution in [1.29, 1.82) is 0 Å². The Bertz CT molecular complexity index is 522. The highest BCUT2D eigenvalue weighted by molar-refractivity contribution is 5.85. The van der Waals surface area contributed by atoms with Crippen LogP contribution in [0.15, 0.2) is 12.1 Å². The lowest BCUT2D eigenvalue weighted by Crippen LogP contribution is -2.04. The van der Waals surface area contributed by atoms with Crippen LogP contribution in [0.4, 0.5) is 0 Å². The van der Waals surface area contributed by atoms with Crippen molar-refractivity contribution in [2.45, 2.75) is 32.1 Å². The molecule has 0 amide bonds. The number of benzene rings is 1. The monoisotopic (exact) mass is 287 g/mol. The SMILES string of the molecule is Cl.Cl.NCCc1nc2c3c(ccc2[nH]1)CCCC3. The van der Waals surface area contributed by atoms with Crippen molar-refractivity contribution < 1.29 is 0 Å². The van der Waals surface area contributed by atoms with Gasteiger partial charge in [-0.3, -0.25) is 0 Å². The molecule has 3 nitrogen and oxygen atoms in total. The summed E-state index contributed by atoms with van der Waals surface area (Å²) in [6.45, 7) is 0.655. The molecular formula is C13H19Cl2N3. The van der Waals surface area contributed by atoms with E-state index in [0.717, 1.165) is 12.2 Å². The van der Waals surface area contributed by atoms with Crippen LogP contribution in [0.5, 0.6) is 0 Å². The number of fused-ring (bicyclic) bond motifs is 3. The summed E-state index contributed by atoms with van der Waals surface area (Å²) < 4.78 is 0. The van der Waals surface area contributed by atoms with Gasteiger partial charge >= 0.3 is 0 Å². The fourth-order valence-electron chi connectivity index (χ4n) is 2.61. The van der Waals surface area contributed by atoms with Crippen molar-refractivity contribution in [3.63, 3.8) is 0 Å². The Kier molecular flexibility index (Phi) is 5.45. The van der Waals surface area contributed by atoms with Gasteiger partial charge in [-0.15, -0.1) is 24.8 Å². The fourth-order valence-corrected chi connectivity index (χ4v) is 2.61. The first-order valence-corrected chi connectivity index (χ1v) is 6.08. The Hall–Kier alpha value is -0.770. The Morgan fingerprint density at radius 3 is 2.72 bits per heavy atom. The van der Waals surface area contributed by atoms with Crippen LogP contribution in [-0.4, -0.2) is 16.5 Å². The van der Waals surface area contributed by atoms with Gasteiger partial charge in [-0.1, -0.05) is 6.07 Å². The van der Waals surface area contributed by atoms with Crippen LogP contribution in [-0.2, 0) is 19.3 Å². The van der Waals surface area contributed by atoms with E-state index in [1.165, 1.54) is 47.8 Å². The summed E-state index contributed by atoms with van der Waals surface area (Å²) in [5, 5.41) is 0. The Morgan fingerprint density at radius 1 is 1.17 bits per heavy atom. The first-order chi connectivity index (χ1) is 7.88. The van der Waals surface area contributed by atoms with Crippen LogP contribution < -0.4 is 5.73 Å². The minimum absolute atomic E-state index is 0. The van der Waals surface area contributed by atoms with Crippen LogP contribution >= 0.6 is 24.8 Å². The number of nitrogens with two attached hydrogens (primary N) is 1. The third-order valence-electron chi connectivity index (χ3n) is 3.41. The van der Waals surface area contributed by atoms with Crippen LogP contribution in [0.25, 0.3) is 11.0 Å². The molecule has 3 rings (SSSR count). The van der Waals surface area contributed by atoms with E-state index in [2.05, 4.69) is 22.1 Å². The van der Waals surface area contributed by atoms with Crippen molar-refractivity contribution in [3.05, 3.63) is 29.1 Å². The quantitative estimate of drug-likeness (QED) is 0.892. The number of H-pyrrole nitrogens is 1. The molecule has 0 atom stereocenters. The number of nitrogens with one attached hydrogen (secondary N) is 1. The largest absolute Gasteiger partial charge is 0.342 e. The number of hydrogen-bond donors (Lipinski definition) is 2. The molecule has 1 aliphatic rings. The van der Waals surface area contributed by atoms with Crippen LogP contribution in [0.2, 0.25) is 0 Å². The highest BCUT2D eigenvalue weighted by atomic mass is 35.5. The molecule has 100 valence electrons. The lowest BCUT2D eigenvalue weighted by Gasteiger charge is -2.15. The molecule has 0 unspecified atom stereocenters. The van der Waals surface area contributed by atoms with Crippen molar-refractivity contribution >= 4 is 35.8 Å². The molecule has 0 saturated heterocycles. The standard InChI is InChI=1S/C13H17N3.2ClH/c14-8-7-12-15-11-6-5-9-3-1-2-4-10(9)13(11)16-12;;/h5-6H,1-4,7-8,14H2,(H,15,16);2*1H. The Morgan fingerprint density at radius 2 is 1.94 bits per heavy atom. The summed E-state index contributed by atoms with van der Waals surface area (Å²) >= 11 is 0. The first-order valence-electron chi connectivity index (χ1n) is 6.08. The second-order valence-electron chi connectivity index (χ2n) is 4.53. The number of aromatic amines is 1. The van der Waals surface area contributed by atoms with E-state index in [-0.39, 0.29) is 24.8 Å². The van der Waals surface area contributed by atoms with Crippen LogP contribution in [0.1, 0.15) is 29.8 Å². The Balaban J connectivity index is 0.000000810. The molecule has 0 spiro atoms. The number of aryl methyl sites for hydroxylation is 2. The van der Waals surface area contributed by atoms with Gasteiger partial charge in [0.15, 0.2) is 0 Å². The lowest BCUT2D eigenvalue weighted by molar-refractivity contribution is 0.689. The molecular weight excluding hydrogens is 269 g/mol. The number of imidazole rings is 1. The summed E-state index contributed by atoms with van der Waals surface area (Å²) in [5.41, 5.74) is 10.9. The third-order valence-corrected chi connectivity index (χ3v) is 3.41. The van der Waals surface area contributed by atoms with E-state index in [1.54, 1.807) is 0 Å². The first kappa shape index (κ1) is 15.3. The van der Waals surface area contributed by atoms with Gasteiger partial charge in [0.25, 0.3) is 0 Å². The molecule has 0 aliphatic heterocycles. The van der Waals surface area contributed by atoms with E-state index in [9.17, 15) is 0 Å². The van der Waals surface area contributed by atoms with E-state index in [0.29, 0.717) is 6.54 Å². The zero-order valence-electron chi connectivity index (χ0n) is 10.2. The molecule has 1 heterocycles. The molecule has 2 aromatic rings. The maximum absolute atomic E-state index is 5.56. The predicted molar refractivity (Wildman–Crippen MR) is 80.0 cm³/mol. The third kappa shape index (κ3) is 2.63. The molecule has 1 aromatic carbocycles. The normalized spacial score (nSPS) is 13.6. The summed E-state index contributed by atoms with van der Waals surface area (Å²) in [6, 6.07) is 4.41. The van der Waals surface area contributed by atoms with Crippen LogP contribution in [0, 0.1) is 0 Å². The fraction of sp³-hybridized carbons (Fsp3) is 0.462. The zero-order chi connectivity index (χ0) is 11.0.